The Morgan fingerprint density at radius 2 is 2.00 bits per heavy atom. The predicted octanol–water partition coefficient (Wildman–Crippen LogP) is 4.39. The molecular formula is C21H24N4O3S2. The zero-order chi connectivity index (χ0) is 20.8. The van der Waals surface area contributed by atoms with E-state index in [0.717, 1.165) is 11.4 Å². The summed E-state index contributed by atoms with van der Waals surface area (Å²) < 4.78 is 5.05. The van der Waals surface area contributed by atoms with Crippen LogP contribution in [-0.4, -0.2) is 28.3 Å². The Morgan fingerprint density at radius 1 is 1.13 bits per heavy atom. The average Bonchev–Trinajstić information content (AvgIpc) is 3.51. The molecule has 158 valence electrons. The number of anilines is 1. The van der Waals surface area contributed by atoms with Gasteiger partial charge in [-0.15, -0.1) is 22.7 Å². The van der Waals surface area contributed by atoms with Crippen LogP contribution in [0.3, 0.4) is 0 Å². The Hall–Kier alpha value is -2.52. The first kappa shape index (κ1) is 20.7. The number of carbonyl (C=O) groups is 2. The molecule has 1 saturated carbocycles. The number of furan rings is 1. The molecule has 1 aliphatic carbocycles. The van der Waals surface area contributed by atoms with E-state index in [1.54, 1.807) is 28.8 Å². The van der Waals surface area contributed by atoms with Crippen molar-refractivity contribution in [3.8, 4) is 0 Å². The number of hydrogen-bond acceptors (Lipinski definition) is 7. The van der Waals surface area contributed by atoms with Crippen LogP contribution in [0.5, 0.6) is 0 Å². The van der Waals surface area contributed by atoms with Gasteiger partial charge >= 0.3 is 0 Å². The molecular weight excluding hydrogens is 420 g/mol. The summed E-state index contributed by atoms with van der Waals surface area (Å²) in [5.41, 5.74) is 1.86. The maximum Gasteiger partial charge on any atom is 0.293 e. The van der Waals surface area contributed by atoms with E-state index in [0.29, 0.717) is 23.3 Å². The summed E-state index contributed by atoms with van der Waals surface area (Å²) in [7, 11) is 0. The van der Waals surface area contributed by atoms with Crippen molar-refractivity contribution in [1.29, 1.82) is 0 Å². The molecule has 2 amide bonds. The second kappa shape index (κ2) is 9.99. The van der Waals surface area contributed by atoms with E-state index in [1.165, 1.54) is 55.4 Å². The van der Waals surface area contributed by atoms with Crippen molar-refractivity contribution in [2.24, 2.45) is 0 Å². The van der Waals surface area contributed by atoms with Gasteiger partial charge in [0.05, 0.1) is 29.1 Å². The van der Waals surface area contributed by atoms with Gasteiger partial charge in [0.25, 0.3) is 5.91 Å². The maximum absolute atomic E-state index is 12.2. The summed E-state index contributed by atoms with van der Waals surface area (Å²) >= 11 is 2.97. The molecule has 3 heterocycles. The molecule has 0 radical (unpaired) electrons. The van der Waals surface area contributed by atoms with Crippen LogP contribution < -0.4 is 10.6 Å². The highest BCUT2D eigenvalue weighted by Crippen LogP contribution is 2.33. The smallest absolute Gasteiger partial charge is 0.293 e. The Labute approximate surface area is 182 Å². The summed E-state index contributed by atoms with van der Waals surface area (Å²) in [4.78, 5) is 33.2. The molecule has 30 heavy (non-hydrogen) atoms. The fraction of sp³-hybridized carbons (Fsp3) is 0.429. The van der Waals surface area contributed by atoms with Crippen molar-refractivity contribution < 1.29 is 14.0 Å². The molecule has 0 spiro atoms. The van der Waals surface area contributed by atoms with Gasteiger partial charge in [-0.05, 0) is 25.0 Å². The maximum atomic E-state index is 12.2. The summed E-state index contributed by atoms with van der Waals surface area (Å²) in [5.74, 6) is 0.387. The summed E-state index contributed by atoms with van der Waals surface area (Å²) in [6.45, 7) is 0.558. The van der Waals surface area contributed by atoms with Crippen molar-refractivity contribution in [1.82, 2.24) is 15.3 Å². The number of nitrogens with one attached hydrogen (secondary N) is 2. The van der Waals surface area contributed by atoms with Gasteiger partial charge in [-0.25, -0.2) is 9.97 Å². The number of rotatable bonds is 8. The molecule has 2 N–H and O–H groups in total. The van der Waals surface area contributed by atoms with Crippen molar-refractivity contribution >= 4 is 39.6 Å². The molecule has 1 aliphatic rings. The number of nitrogens with zero attached hydrogens (tertiary/aromatic N) is 2. The van der Waals surface area contributed by atoms with E-state index in [4.69, 9.17) is 9.40 Å². The van der Waals surface area contributed by atoms with Crippen molar-refractivity contribution in [3.63, 3.8) is 0 Å². The monoisotopic (exact) mass is 444 g/mol. The molecule has 0 atom stereocenters. The number of aromatic nitrogens is 2. The lowest BCUT2D eigenvalue weighted by molar-refractivity contribution is -0.120. The Bertz CT molecular complexity index is 974. The Kier molecular flexibility index (Phi) is 6.91. The van der Waals surface area contributed by atoms with Crippen molar-refractivity contribution in [2.75, 3.05) is 11.9 Å². The first-order valence-electron chi connectivity index (χ1n) is 10.2. The summed E-state index contributed by atoms with van der Waals surface area (Å²) in [6.07, 6.45) is 8.81. The summed E-state index contributed by atoms with van der Waals surface area (Å²) in [5, 5.41) is 11.1. The van der Waals surface area contributed by atoms with Crippen LogP contribution in [0.4, 0.5) is 5.13 Å². The molecule has 0 bridgehead atoms. The molecule has 3 aromatic heterocycles. The lowest BCUT2D eigenvalue weighted by Gasteiger charge is -2.19. The first-order valence-corrected chi connectivity index (χ1v) is 11.9. The lowest BCUT2D eigenvalue weighted by Crippen LogP contribution is -2.27. The van der Waals surface area contributed by atoms with Gasteiger partial charge in [0, 0.05) is 29.6 Å². The van der Waals surface area contributed by atoms with Crippen LogP contribution in [0.15, 0.2) is 33.6 Å². The largest absolute Gasteiger partial charge is 0.459 e. The average molecular weight is 445 g/mol. The Balaban J connectivity index is 1.19. The number of carbonyl (C=O) groups excluding carboxylic acids is 2. The van der Waals surface area contributed by atoms with Crippen LogP contribution in [0, 0.1) is 0 Å². The highest BCUT2D eigenvalue weighted by atomic mass is 32.1. The van der Waals surface area contributed by atoms with Gasteiger partial charge in [-0.1, -0.05) is 19.3 Å². The minimum atomic E-state index is -0.360. The lowest BCUT2D eigenvalue weighted by atomic mass is 9.87. The highest BCUT2D eigenvalue weighted by Gasteiger charge is 2.18. The van der Waals surface area contributed by atoms with Crippen LogP contribution in [0.1, 0.15) is 65.0 Å². The molecule has 4 rings (SSSR count). The zero-order valence-electron chi connectivity index (χ0n) is 16.6. The first-order chi connectivity index (χ1) is 14.7. The SMILES string of the molecule is O=C(Cc1csc(NC(=O)c2ccco2)n1)NCCc1nc(C2CCCCC2)cs1. The number of thiazole rings is 2. The van der Waals surface area contributed by atoms with Gasteiger partial charge in [0.1, 0.15) is 0 Å². The van der Waals surface area contributed by atoms with Crippen LogP contribution in [0.25, 0.3) is 0 Å². The van der Waals surface area contributed by atoms with Gasteiger partial charge in [0.15, 0.2) is 10.9 Å². The van der Waals surface area contributed by atoms with Crippen molar-refractivity contribution in [2.45, 2.75) is 50.9 Å². The van der Waals surface area contributed by atoms with Crippen LogP contribution >= 0.6 is 22.7 Å². The minimum absolute atomic E-state index is 0.0896. The molecule has 9 heteroatoms. The van der Waals surface area contributed by atoms with E-state index in [1.807, 2.05) is 0 Å². The van der Waals surface area contributed by atoms with Crippen LogP contribution in [0.2, 0.25) is 0 Å². The molecule has 0 aliphatic heterocycles. The van der Waals surface area contributed by atoms with Gasteiger partial charge in [-0.3, -0.25) is 14.9 Å². The fourth-order valence-electron chi connectivity index (χ4n) is 3.57. The third-order valence-electron chi connectivity index (χ3n) is 5.11. The minimum Gasteiger partial charge on any atom is -0.459 e. The third kappa shape index (κ3) is 5.54. The van der Waals surface area contributed by atoms with E-state index in [9.17, 15) is 9.59 Å². The summed E-state index contributed by atoms with van der Waals surface area (Å²) in [6, 6.07) is 3.23. The molecule has 0 unspecified atom stereocenters. The van der Waals surface area contributed by atoms with Gasteiger partial charge in [0.2, 0.25) is 5.91 Å². The Morgan fingerprint density at radius 3 is 2.80 bits per heavy atom. The molecule has 3 aromatic rings. The predicted molar refractivity (Wildman–Crippen MR) is 117 cm³/mol. The quantitative estimate of drug-likeness (QED) is 0.537. The molecule has 0 aromatic carbocycles. The van der Waals surface area contributed by atoms with E-state index in [-0.39, 0.29) is 24.0 Å². The zero-order valence-corrected chi connectivity index (χ0v) is 18.2. The highest BCUT2D eigenvalue weighted by molar-refractivity contribution is 7.14. The molecule has 7 nitrogen and oxygen atoms in total. The third-order valence-corrected chi connectivity index (χ3v) is 6.85. The molecule has 1 fully saturated rings. The number of hydrogen-bond donors (Lipinski definition) is 2. The van der Waals surface area contributed by atoms with E-state index in [2.05, 4.69) is 21.0 Å². The number of amides is 2. The molecule has 0 saturated heterocycles. The van der Waals surface area contributed by atoms with E-state index < -0.39 is 0 Å². The van der Waals surface area contributed by atoms with Gasteiger partial charge < -0.3 is 9.73 Å². The van der Waals surface area contributed by atoms with Gasteiger partial charge in [-0.2, -0.15) is 0 Å². The fourth-order valence-corrected chi connectivity index (χ4v) is 5.16. The second-order valence-corrected chi connectivity index (χ2v) is 9.15. The standard InChI is InChI=1S/C21H24N4O3S2/c26-18(11-15-12-30-21(23-15)25-20(27)17-7-4-10-28-17)22-9-8-19-24-16(13-29-19)14-5-2-1-3-6-14/h4,7,10,12-14H,1-3,5-6,8-9,11H2,(H,22,26)(H,23,25,27). The topological polar surface area (TPSA) is 97.1 Å². The van der Waals surface area contributed by atoms with Crippen molar-refractivity contribution in [3.05, 3.63) is 51.3 Å². The van der Waals surface area contributed by atoms with E-state index >= 15 is 0 Å². The second-order valence-electron chi connectivity index (χ2n) is 7.35. The van der Waals surface area contributed by atoms with Crippen LogP contribution in [-0.2, 0) is 17.6 Å². The normalized spacial score (nSPS) is 14.5.